The number of methoxy groups -OCH3 is 1. The van der Waals surface area contributed by atoms with Crippen molar-refractivity contribution in [2.75, 3.05) is 27.2 Å². The smallest absolute Gasteiger partial charge is 0.253 e. The van der Waals surface area contributed by atoms with E-state index in [9.17, 15) is 13.2 Å². The molecule has 0 atom stereocenters. The molecular formula is C18H21BrN2O4S2. The molecule has 3 rings (SSSR count). The third-order valence-corrected chi connectivity index (χ3v) is 7.99. The fraction of sp³-hybridized carbons (Fsp3) is 0.389. The number of carbonyl (C=O) groups excluding carboxylic acids is 1. The van der Waals surface area contributed by atoms with Crippen molar-refractivity contribution >= 4 is 43.2 Å². The molecular weight excluding hydrogens is 452 g/mol. The van der Waals surface area contributed by atoms with Gasteiger partial charge >= 0.3 is 0 Å². The van der Waals surface area contributed by atoms with Crippen molar-refractivity contribution in [3.05, 3.63) is 44.6 Å². The molecule has 27 heavy (non-hydrogen) atoms. The zero-order valence-electron chi connectivity index (χ0n) is 15.1. The second-order valence-electron chi connectivity index (χ2n) is 6.34. The molecule has 0 aliphatic carbocycles. The topological polar surface area (TPSA) is 66.9 Å². The molecule has 2 aromatic rings. The number of hydrogen-bond acceptors (Lipinski definition) is 5. The van der Waals surface area contributed by atoms with Crippen molar-refractivity contribution in [3.63, 3.8) is 0 Å². The van der Waals surface area contributed by atoms with Gasteiger partial charge in [-0.15, -0.1) is 11.3 Å². The van der Waals surface area contributed by atoms with E-state index >= 15 is 0 Å². The van der Waals surface area contributed by atoms with Gasteiger partial charge in [-0.1, -0.05) is 0 Å². The van der Waals surface area contributed by atoms with Crippen LogP contribution in [0.5, 0.6) is 5.75 Å². The fourth-order valence-electron chi connectivity index (χ4n) is 3.04. The van der Waals surface area contributed by atoms with Gasteiger partial charge in [0.1, 0.15) is 10.6 Å². The highest BCUT2D eigenvalue weighted by atomic mass is 79.9. The van der Waals surface area contributed by atoms with E-state index in [1.54, 1.807) is 35.4 Å². The van der Waals surface area contributed by atoms with Crippen LogP contribution in [-0.2, 0) is 16.6 Å². The van der Waals surface area contributed by atoms with Gasteiger partial charge < -0.3 is 9.64 Å². The number of thiophene rings is 1. The summed E-state index contributed by atoms with van der Waals surface area (Å²) in [4.78, 5) is 15.5. The SMILES string of the molecule is COc1ccc(C(=O)N(C)Cc2ccc(Br)s2)cc1S(=O)(=O)N1CCCC1. The molecule has 1 aliphatic heterocycles. The summed E-state index contributed by atoms with van der Waals surface area (Å²) >= 11 is 4.97. The highest BCUT2D eigenvalue weighted by molar-refractivity contribution is 9.11. The fourth-order valence-corrected chi connectivity index (χ4v) is 6.28. The summed E-state index contributed by atoms with van der Waals surface area (Å²) in [7, 11) is -0.551. The molecule has 0 radical (unpaired) electrons. The zero-order valence-corrected chi connectivity index (χ0v) is 18.4. The lowest BCUT2D eigenvalue weighted by molar-refractivity contribution is 0.0786. The van der Waals surface area contributed by atoms with Crippen LogP contribution in [0.4, 0.5) is 0 Å². The summed E-state index contributed by atoms with van der Waals surface area (Å²) in [6.45, 7) is 1.45. The minimum Gasteiger partial charge on any atom is -0.495 e. The lowest BCUT2D eigenvalue weighted by Crippen LogP contribution is -2.29. The second kappa shape index (κ2) is 8.30. The highest BCUT2D eigenvalue weighted by Crippen LogP contribution is 2.30. The number of amides is 1. The molecule has 0 unspecified atom stereocenters. The molecule has 6 nitrogen and oxygen atoms in total. The van der Waals surface area contributed by atoms with Gasteiger partial charge in [-0.25, -0.2) is 8.42 Å². The molecule has 0 spiro atoms. The molecule has 1 aromatic heterocycles. The molecule has 0 bridgehead atoms. The number of benzene rings is 1. The summed E-state index contributed by atoms with van der Waals surface area (Å²) in [5.41, 5.74) is 0.326. The molecule has 1 fully saturated rings. The number of nitrogens with zero attached hydrogens (tertiary/aromatic N) is 2. The number of carbonyl (C=O) groups is 1. The lowest BCUT2D eigenvalue weighted by Gasteiger charge is -2.20. The lowest BCUT2D eigenvalue weighted by atomic mass is 10.2. The first-order valence-corrected chi connectivity index (χ1v) is 11.6. The Morgan fingerprint density at radius 3 is 2.56 bits per heavy atom. The Morgan fingerprint density at radius 2 is 1.96 bits per heavy atom. The number of halogens is 1. The van der Waals surface area contributed by atoms with Gasteiger partial charge in [-0.3, -0.25) is 4.79 Å². The number of ether oxygens (including phenoxy) is 1. The van der Waals surface area contributed by atoms with E-state index in [4.69, 9.17) is 4.74 Å². The first-order valence-electron chi connectivity index (χ1n) is 8.51. The molecule has 2 heterocycles. The molecule has 1 aromatic carbocycles. The molecule has 0 N–H and O–H groups in total. The highest BCUT2D eigenvalue weighted by Gasteiger charge is 2.31. The van der Waals surface area contributed by atoms with Crippen molar-refractivity contribution in [2.24, 2.45) is 0 Å². The van der Waals surface area contributed by atoms with Gasteiger partial charge in [-0.05, 0) is 59.1 Å². The molecule has 1 saturated heterocycles. The standard InChI is InChI=1S/C18H21BrN2O4S2/c1-20(12-14-6-8-17(19)26-14)18(22)13-5-7-15(25-2)16(11-13)27(23,24)21-9-3-4-10-21/h5-8,11H,3-4,9-10,12H2,1-2H3. The van der Waals surface area contributed by atoms with Gasteiger partial charge in [-0.2, -0.15) is 4.31 Å². The molecule has 9 heteroatoms. The first-order chi connectivity index (χ1) is 12.8. The van der Waals surface area contributed by atoms with Crippen LogP contribution >= 0.6 is 27.3 Å². The van der Waals surface area contributed by atoms with Gasteiger partial charge in [0.05, 0.1) is 17.4 Å². The second-order valence-corrected chi connectivity index (χ2v) is 10.8. The maximum absolute atomic E-state index is 13.0. The zero-order chi connectivity index (χ0) is 19.6. The van der Waals surface area contributed by atoms with Crippen molar-refractivity contribution in [1.82, 2.24) is 9.21 Å². The van der Waals surface area contributed by atoms with Crippen LogP contribution in [0.1, 0.15) is 28.1 Å². The van der Waals surface area contributed by atoms with Crippen molar-refractivity contribution in [2.45, 2.75) is 24.3 Å². The Labute approximate surface area is 171 Å². The van der Waals surface area contributed by atoms with Crippen molar-refractivity contribution in [3.8, 4) is 5.75 Å². The largest absolute Gasteiger partial charge is 0.495 e. The Morgan fingerprint density at radius 1 is 1.26 bits per heavy atom. The van der Waals surface area contributed by atoms with Crippen LogP contribution < -0.4 is 4.74 Å². The summed E-state index contributed by atoms with van der Waals surface area (Å²) in [5, 5.41) is 0. The number of sulfonamides is 1. The van der Waals surface area contributed by atoms with Gasteiger partial charge in [0.2, 0.25) is 10.0 Å². The van der Waals surface area contributed by atoms with Crippen LogP contribution in [0.2, 0.25) is 0 Å². The summed E-state index contributed by atoms with van der Waals surface area (Å²) in [6, 6.07) is 8.47. The minimum absolute atomic E-state index is 0.0463. The minimum atomic E-state index is -3.69. The predicted molar refractivity (Wildman–Crippen MR) is 109 cm³/mol. The van der Waals surface area contributed by atoms with E-state index in [1.165, 1.54) is 17.5 Å². The monoisotopic (exact) mass is 472 g/mol. The average molecular weight is 473 g/mol. The van der Waals surface area contributed by atoms with Gasteiger partial charge in [0.25, 0.3) is 5.91 Å². The van der Waals surface area contributed by atoms with Crippen LogP contribution in [0.25, 0.3) is 0 Å². The Bertz CT molecular complexity index is 937. The quantitative estimate of drug-likeness (QED) is 0.644. The third kappa shape index (κ3) is 4.37. The van der Waals surface area contributed by atoms with E-state index in [-0.39, 0.29) is 16.6 Å². The average Bonchev–Trinajstić information content (AvgIpc) is 3.32. The molecule has 0 saturated carbocycles. The van der Waals surface area contributed by atoms with Crippen LogP contribution in [0.3, 0.4) is 0 Å². The van der Waals surface area contributed by atoms with E-state index < -0.39 is 10.0 Å². The normalized spacial score (nSPS) is 15.1. The van der Waals surface area contributed by atoms with Crippen molar-refractivity contribution < 1.29 is 17.9 Å². The van der Waals surface area contributed by atoms with Crippen LogP contribution in [0, 0.1) is 0 Å². The van der Waals surface area contributed by atoms with Crippen molar-refractivity contribution in [1.29, 1.82) is 0 Å². The summed E-state index contributed by atoms with van der Waals surface area (Å²) < 4.78 is 33.6. The molecule has 1 amide bonds. The molecule has 1 aliphatic rings. The third-order valence-electron chi connectivity index (χ3n) is 4.46. The predicted octanol–water partition coefficient (Wildman–Crippen LogP) is 3.58. The summed E-state index contributed by atoms with van der Waals surface area (Å²) in [5.74, 6) is 0.0170. The number of rotatable bonds is 6. The van der Waals surface area contributed by atoms with E-state index in [1.807, 2.05) is 12.1 Å². The van der Waals surface area contributed by atoms with E-state index in [0.717, 1.165) is 21.5 Å². The Hall–Kier alpha value is -1.42. The van der Waals surface area contributed by atoms with Gasteiger partial charge in [0.15, 0.2) is 0 Å². The van der Waals surface area contributed by atoms with Crippen LogP contribution in [-0.4, -0.2) is 50.8 Å². The maximum atomic E-state index is 13.0. The maximum Gasteiger partial charge on any atom is 0.253 e. The van der Waals surface area contributed by atoms with E-state index in [2.05, 4.69) is 15.9 Å². The number of hydrogen-bond donors (Lipinski definition) is 0. The first kappa shape index (κ1) is 20.3. The van der Waals surface area contributed by atoms with Gasteiger partial charge in [0, 0.05) is 30.6 Å². The Kier molecular flexibility index (Phi) is 6.25. The summed E-state index contributed by atoms with van der Waals surface area (Å²) in [6.07, 6.45) is 1.69. The van der Waals surface area contributed by atoms with E-state index in [0.29, 0.717) is 25.2 Å². The Balaban J connectivity index is 1.88. The van der Waals surface area contributed by atoms with Crippen LogP contribution in [0.15, 0.2) is 39.0 Å². The molecule has 146 valence electrons.